The number of hydrogen-bond donors (Lipinski definition) is 1. The van der Waals surface area contributed by atoms with E-state index in [0.29, 0.717) is 11.3 Å². The fourth-order valence-electron chi connectivity index (χ4n) is 1.25. The Bertz CT molecular complexity index is 544. The van der Waals surface area contributed by atoms with Crippen LogP contribution < -0.4 is 5.32 Å². The van der Waals surface area contributed by atoms with Gasteiger partial charge in [0.1, 0.15) is 10.9 Å². The molecule has 2 aromatic heterocycles. The van der Waals surface area contributed by atoms with Crippen molar-refractivity contribution in [2.24, 2.45) is 0 Å². The third kappa shape index (κ3) is 2.85. The highest BCUT2D eigenvalue weighted by Crippen LogP contribution is 2.17. The van der Waals surface area contributed by atoms with Gasteiger partial charge in [0, 0.05) is 12.4 Å². The Labute approximate surface area is 106 Å². The highest BCUT2D eigenvalue weighted by molar-refractivity contribution is 9.10. The molecular formula is C11H9BrN4O. The van der Waals surface area contributed by atoms with E-state index < -0.39 is 0 Å². The molecular weight excluding hydrogens is 284 g/mol. The maximum absolute atomic E-state index is 11.8. The van der Waals surface area contributed by atoms with Crippen molar-refractivity contribution in [3.05, 3.63) is 46.7 Å². The van der Waals surface area contributed by atoms with Crippen LogP contribution >= 0.6 is 15.9 Å². The van der Waals surface area contributed by atoms with Gasteiger partial charge < -0.3 is 5.32 Å². The number of aryl methyl sites for hydroxylation is 1. The van der Waals surface area contributed by atoms with E-state index in [0.717, 1.165) is 10.2 Å². The highest BCUT2D eigenvalue weighted by Gasteiger charge is 2.07. The number of pyridine rings is 1. The molecule has 0 aliphatic carbocycles. The number of amides is 1. The number of anilines is 1. The van der Waals surface area contributed by atoms with Crippen LogP contribution in [0.1, 0.15) is 15.9 Å². The Kier molecular flexibility index (Phi) is 3.43. The average Bonchev–Trinajstić information content (AvgIpc) is 2.35. The van der Waals surface area contributed by atoms with Crippen LogP contribution in [0.3, 0.4) is 0 Å². The fourth-order valence-corrected chi connectivity index (χ4v) is 1.46. The van der Waals surface area contributed by atoms with Gasteiger partial charge in [-0.1, -0.05) is 0 Å². The van der Waals surface area contributed by atoms with Crippen LogP contribution in [0, 0.1) is 6.92 Å². The smallest absolute Gasteiger partial charge is 0.258 e. The minimum absolute atomic E-state index is 0.255. The van der Waals surface area contributed by atoms with E-state index in [1.807, 2.05) is 13.0 Å². The van der Waals surface area contributed by atoms with Gasteiger partial charge in [-0.3, -0.25) is 4.79 Å². The van der Waals surface area contributed by atoms with Gasteiger partial charge in [0.2, 0.25) is 0 Å². The summed E-state index contributed by atoms with van der Waals surface area (Å²) in [4.78, 5) is 23.4. The fraction of sp³-hybridized carbons (Fsp3) is 0.0909. The molecule has 0 unspecified atom stereocenters. The molecule has 2 heterocycles. The molecule has 1 N–H and O–H groups in total. The van der Waals surface area contributed by atoms with Crippen LogP contribution in [0.25, 0.3) is 0 Å². The Morgan fingerprint density at radius 2 is 2.00 bits per heavy atom. The van der Waals surface area contributed by atoms with Gasteiger partial charge in [0.15, 0.2) is 0 Å². The van der Waals surface area contributed by atoms with Crippen molar-refractivity contribution in [3.8, 4) is 0 Å². The summed E-state index contributed by atoms with van der Waals surface area (Å²) in [5.74, 6) is -0.255. The molecule has 86 valence electrons. The van der Waals surface area contributed by atoms with Gasteiger partial charge in [-0.15, -0.1) is 0 Å². The summed E-state index contributed by atoms with van der Waals surface area (Å²) in [6.45, 7) is 1.90. The molecule has 0 atom stereocenters. The summed E-state index contributed by atoms with van der Waals surface area (Å²) in [6.07, 6.45) is 5.88. The SMILES string of the molecule is Cc1cc(NC(=O)c2cncnc2)cnc1Br. The van der Waals surface area contributed by atoms with Crippen molar-refractivity contribution in [2.45, 2.75) is 6.92 Å². The van der Waals surface area contributed by atoms with E-state index >= 15 is 0 Å². The first kappa shape index (κ1) is 11.7. The van der Waals surface area contributed by atoms with E-state index in [2.05, 4.69) is 36.2 Å². The number of hydrogen-bond acceptors (Lipinski definition) is 4. The molecule has 0 fully saturated rings. The number of carbonyl (C=O) groups is 1. The number of nitrogens with one attached hydrogen (secondary N) is 1. The first-order chi connectivity index (χ1) is 8.16. The second-order valence-corrected chi connectivity index (χ2v) is 4.16. The average molecular weight is 293 g/mol. The van der Waals surface area contributed by atoms with Crippen LogP contribution in [0.4, 0.5) is 5.69 Å². The van der Waals surface area contributed by atoms with Crippen molar-refractivity contribution in [2.75, 3.05) is 5.32 Å². The molecule has 0 bridgehead atoms. The molecule has 2 aromatic rings. The van der Waals surface area contributed by atoms with Gasteiger partial charge in [0.25, 0.3) is 5.91 Å². The zero-order valence-electron chi connectivity index (χ0n) is 9.01. The molecule has 0 radical (unpaired) electrons. The number of aromatic nitrogens is 3. The van der Waals surface area contributed by atoms with Gasteiger partial charge >= 0.3 is 0 Å². The molecule has 0 aliphatic rings. The van der Waals surface area contributed by atoms with Crippen LogP contribution in [0.15, 0.2) is 35.6 Å². The van der Waals surface area contributed by atoms with Gasteiger partial charge in [-0.2, -0.15) is 0 Å². The van der Waals surface area contributed by atoms with Gasteiger partial charge in [0.05, 0.1) is 17.4 Å². The molecule has 0 aliphatic heterocycles. The highest BCUT2D eigenvalue weighted by atomic mass is 79.9. The molecule has 17 heavy (non-hydrogen) atoms. The first-order valence-corrected chi connectivity index (χ1v) is 5.64. The zero-order chi connectivity index (χ0) is 12.3. The molecule has 5 nitrogen and oxygen atoms in total. The van der Waals surface area contributed by atoms with Crippen molar-refractivity contribution >= 4 is 27.5 Å². The van der Waals surface area contributed by atoms with Crippen LogP contribution in [0.2, 0.25) is 0 Å². The summed E-state index contributed by atoms with van der Waals surface area (Å²) in [5.41, 5.74) is 2.00. The Morgan fingerprint density at radius 3 is 2.65 bits per heavy atom. The monoisotopic (exact) mass is 292 g/mol. The van der Waals surface area contributed by atoms with Gasteiger partial charge in [-0.05, 0) is 34.5 Å². The van der Waals surface area contributed by atoms with E-state index in [1.165, 1.54) is 18.7 Å². The maximum atomic E-state index is 11.8. The lowest BCUT2D eigenvalue weighted by atomic mass is 10.2. The normalized spacial score (nSPS) is 10.0. The summed E-state index contributed by atoms with van der Waals surface area (Å²) in [7, 11) is 0. The van der Waals surface area contributed by atoms with Crippen LogP contribution in [-0.2, 0) is 0 Å². The second-order valence-electron chi connectivity index (χ2n) is 3.41. The van der Waals surface area contributed by atoms with Crippen molar-refractivity contribution in [1.29, 1.82) is 0 Å². The molecule has 2 rings (SSSR count). The molecule has 0 saturated heterocycles. The number of carbonyl (C=O) groups excluding carboxylic acids is 1. The topological polar surface area (TPSA) is 67.8 Å². The summed E-state index contributed by atoms with van der Waals surface area (Å²) in [5, 5.41) is 2.72. The molecule has 1 amide bonds. The standard InChI is InChI=1S/C11H9BrN4O/c1-7-2-9(5-15-10(7)12)16-11(17)8-3-13-6-14-4-8/h2-6H,1H3,(H,16,17). The van der Waals surface area contributed by atoms with Crippen molar-refractivity contribution in [3.63, 3.8) is 0 Å². The lowest BCUT2D eigenvalue weighted by Gasteiger charge is -2.05. The lowest BCUT2D eigenvalue weighted by molar-refractivity contribution is 0.102. The summed E-state index contributed by atoms with van der Waals surface area (Å²) < 4.78 is 0.763. The van der Waals surface area contributed by atoms with E-state index in [4.69, 9.17) is 0 Å². The van der Waals surface area contributed by atoms with Crippen LogP contribution in [0.5, 0.6) is 0 Å². The Morgan fingerprint density at radius 1 is 1.29 bits per heavy atom. The molecule has 0 saturated carbocycles. The zero-order valence-corrected chi connectivity index (χ0v) is 10.6. The van der Waals surface area contributed by atoms with Crippen molar-refractivity contribution in [1.82, 2.24) is 15.0 Å². The third-order valence-corrected chi connectivity index (χ3v) is 2.93. The first-order valence-electron chi connectivity index (χ1n) is 4.85. The summed E-state index contributed by atoms with van der Waals surface area (Å²) >= 11 is 3.30. The number of nitrogens with zero attached hydrogens (tertiary/aromatic N) is 3. The van der Waals surface area contributed by atoms with Gasteiger partial charge in [-0.25, -0.2) is 15.0 Å². The number of halogens is 1. The number of rotatable bonds is 2. The minimum atomic E-state index is -0.255. The predicted octanol–water partition coefficient (Wildman–Crippen LogP) is 2.19. The lowest BCUT2D eigenvalue weighted by Crippen LogP contribution is -2.12. The second kappa shape index (κ2) is 5.01. The van der Waals surface area contributed by atoms with E-state index in [1.54, 1.807) is 6.20 Å². The van der Waals surface area contributed by atoms with E-state index in [9.17, 15) is 4.79 Å². The van der Waals surface area contributed by atoms with Crippen molar-refractivity contribution < 1.29 is 4.79 Å². The molecule has 6 heteroatoms. The molecule has 0 spiro atoms. The molecule has 0 aromatic carbocycles. The van der Waals surface area contributed by atoms with Crippen LogP contribution in [-0.4, -0.2) is 20.9 Å². The largest absolute Gasteiger partial charge is 0.320 e. The maximum Gasteiger partial charge on any atom is 0.258 e. The Hall–Kier alpha value is -1.82. The van der Waals surface area contributed by atoms with E-state index in [-0.39, 0.29) is 5.91 Å². The third-order valence-electron chi connectivity index (χ3n) is 2.10. The minimum Gasteiger partial charge on any atom is -0.320 e. The Balaban J connectivity index is 2.16. The quantitative estimate of drug-likeness (QED) is 0.862. The summed E-state index contributed by atoms with van der Waals surface area (Å²) in [6, 6.07) is 1.83. The predicted molar refractivity (Wildman–Crippen MR) is 66.7 cm³/mol.